The summed E-state index contributed by atoms with van der Waals surface area (Å²) in [5, 5.41) is 2.54. The fourth-order valence-corrected chi connectivity index (χ4v) is 1.08. The van der Waals surface area contributed by atoms with E-state index in [0.29, 0.717) is 5.69 Å². The number of anilines is 2. The van der Waals surface area contributed by atoms with E-state index < -0.39 is 5.82 Å². The summed E-state index contributed by atoms with van der Waals surface area (Å²) in [6, 6.07) is 3.80. The van der Waals surface area contributed by atoms with E-state index in [-0.39, 0.29) is 24.3 Å². The molecule has 0 heterocycles. The number of amides is 1. The average Bonchev–Trinajstić information content (AvgIpc) is 2.19. The Balaban J connectivity index is 2.56. The summed E-state index contributed by atoms with van der Waals surface area (Å²) in [6.07, 6.45) is -0.0173. The molecular weight excluding hydrogens is 211 g/mol. The molecule has 0 aliphatic carbocycles. The van der Waals surface area contributed by atoms with Crippen molar-refractivity contribution in [1.29, 1.82) is 0 Å². The Morgan fingerprint density at radius 2 is 2.25 bits per heavy atom. The van der Waals surface area contributed by atoms with Gasteiger partial charge >= 0.3 is 0 Å². The third-order valence-electron chi connectivity index (χ3n) is 1.84. The number of hydrogen-bond donors (Lipinski definition) is 2. The highest BCUT2D eigenvalue weighted by Gasteiger charge is 2.06. The van der Waals surface area contributed by atoms with Crippen LogP contribution in [-0.2, 0) is 9.53 Å². The van der Waals surface area contributed by atoms with E-state index >= 15 is 0 Å². The molecular formula is C11H15FN2O2. The van der Waals surface area contributed by atoms with Gasteiger partial charge in [0.1, 0.15) is 12.4 Å². The van der Waals surface area contributed by atoms with E-state index in [1.807, 2.05) is 13.8 Å². The number of halogens is 1. The first-order valence-electron chi connectivity index (χ1n) is 4.95. The first kappa shape index (κ1) is 12.4. The Labute approximate surface area is 93.6 Å². The standard InChI is InChI=1S/C11H15FN2O2/c1-7(2)16-6-11(15)14-10-4-3-8(12)5-9(10)13/h3-5,7H,6,13H2,1-2H3,(H,14,15). The van der Waals surface area contributed by atoms with E-state index in [0.717, 1.165) is 6.07 Å². The van der Waals surface area contributed by atoms with Gasteiger partial charge in [0.15, 0.2) is 0 Å². The van der Waals surface area contributed by atoms with E-state index in [2.05, 4.69) is 5.32 Å². The van der Waals surface area contributed by atoms with Crippen molar-refractivity contribution >= 4 is 17.3 Å². The van der Waals surface area contributed by atoms with Crippen LogP contribution in [0.3, 0.4) is 0 Å². The van der Waals surface area contributed by atoms with Gasteiger partial charge in [-0.3, -0.25) is 4.79 Å². The van der Waals surface area contributed by atoms with Gasteiger partial charge in [0.25, 0.3) is 0 Å². The fourth-order valence-electron chi connectivity index (χ4n) is 1.08. The minimum absolute atomic E-state index is 0.0173. The normalized spacial score (nSPS) is 10.5. The van der Waals surface area contributed by atoms with Crippen LogP contribution in [0.1, 0.15) is 13.8 Å². The Morgan fingerprint density at radius 1 is 1.56 bits per heavy atom. The summed E-state index contributed by atoms with van der Waals surface area (Å²) in [5.74, 6) is -0.749. The molecule has 4 nitrogen and oxygen atoms in total. The summed E-state index contributed by atoms with van der Waals surface area (Å²) in [5.41, 5.74) is 6.11. The van der Waals surface area contributed by atoms with Crippen molar-refractivity contribution < 1.29 is 13.9 Å². The van der Waals surface area contributed by atoms with Crippen LogP contribution in [0.4, 0.5) is 15.8 Å². The molecule has 0 saturated heterocycles. The molecule has 0 fully saturated rings. The van der Waals surface area contributed by atoms with E-state index in [1.165, 1.54) is 12.1 Å². The molecule has 0 unspecified atom stereocenters. The first-order valence-corrected chi connectivity index (χ1v) is 4.95. The number of benzene rings is 1. The zero-order valence-corrected chi connectivity index (χ0v) is 9.29. The van der Waals surface area contributed by atoms with Crippen molar-refractivity contribution in [2.45, 2.75) is 20.0 Å². The molecule has 0 bridgehead atoms. The van der Waals surface area contributed by atoms with Crippen molar-refractivity contribution in [3.63, 3.8) is 0 Å². The minimum Gasteiger partial charge on any atom is -0.397 e. The Bertz CT molecular complexity index is 380. The molecule has 1 aromatic carbocycles. The monoisotopic (exact) mass is 226 g/mol. The van der Waals surface area contributed by atoms with E-state index in [4.69, 9.17) is 10.5 Å². The molecule has 16 heavy (non-hydrogen) atoms. The smallest absolute Gasteiger partial charge is 0.250 e. The predicted octanol–water partition coefficient (Wildman–Crippen LogP) is 1.77. The average molecular weight is 226 g/mol. The van der Waals surface area contributed by atoms with Gasteiger partial charge < -0.3 is 15.8 Å². The number of rotatable bonds is 4. The van der Waals surface area contributed by atoms with Crippen molar-refractivity contribution in [3.8, 4) is 0 Å². The summed E-state index contributed by atoms with van der Waals surface area (Å²) >= 11 is 0. The Kier molecular flexibility index (Phi) is 4.25. The third-order valence-corrected chi connectivity index (χ3v) is 1.84. The second kappa shape index (κ2) is 5.46. The molecule has 1 rings (SSSR count). The summed E-state index contributed by atoms with van der Waals surface area (Å²) in [4.78, 5) is 11.4. The maximum Gasteiger partial charge on any atom is 0.250 e. The molecule has 0 aliphatic rings. The molecule has 1 amide bonds. The van der Waals surface area contributed by atoms with E-state index in [9.17, 15) is 9.18 Å². The van der Waals surface area contributed by atoms with Crippen molar-refractivity contribution in [1.82, 2.24) is 0 Å². The van der Waals surface area contributed by atoms with Gasteiger partial charge in [-0.15, -0.1) is 0 Å². The number of nitrogen functional groups attached to an aromatic ring is 1. The summed E-state index contributed by atoms with van der Waals surface area (Å²) in [7, 11) is 0. The maximum atomic E-state index is 12.7. The van der Waals surface area contributed by atoms with Crippen LogP contribution in [-0.4, -0.2) is 18.6 Å². The lowest BCUT2D eigenvalue weighted by Crippen LogP contribution is -2.21. The van der Waals surface area contributed by atoms with Crippen molar-refractivity contribution in [2.24, 2.45) is 0 Å². The lowest BCUT2D eigenvalue weighted by Gasteiger charge is -2.10. The summed E-state index contributed by atoms with van der Waals surface area (Å²) < 4.78 is 17.8. The molecule has 5 heteroatoms. The predicted molar refractivity (Wildman–Crippen MR) is 60.5 cm³/mol. The lowest BCUT2D eigenvalue weighted by molar-refractivity contribution is -0.121. The van der Waals surface area contributed by atoms with Gasteiger partial charge in [-0.2, -0.15) is 0 Å². The van der Waals surface area contributed by atoms with Gasteiger partial charge in [0, 0.05) is 0 Å². The zero-order valence-electron chi connectivity index (χ0n) is 9.29. The molecule has 0 radical (unpaired) electrons. The quantitative estimate of drug-likeness (QED) is 0.769. The second-order valence-electron chi connectivity index (χ2n) is 3.64. The highest BCUT2D eigenvalue weighted by atomic mass is 19.1. The zero-order chi connectivity index (χ0) is 12.1. The first-order chi connectivity index (χ1) is 7.49. The maximum absolute atomic E-state index is 12.7. The molecule has 0 spiro atoms. The van der Waals surface area contributed by atoms with Crippen LogP contribution in [0.2, 0.25) is 0 Å². The number of nitrogens with two attached hydrogens (primary N) is 1. The number of carbonyl (C=O) groups excluding carboxylic acids is 1. The molecule has 3 N–H and O–H groups in total. The lowest BCUT2D eigenvalue weighted by atomic mass is 10.2. The third kappa shape index (κ3) is 3.86. The molecule has 0 saturated carbocycles. The van der Waals surface area contributed by atoms with Crippen LogP contribution in [0.25, 0.3) is 0 Å². The largest absolute Gasteiger partial charge is 0.397 e. The number of nitrogens with one attached hydrogen (secondary N) is 1. The second-order valence-corrected chi connectivity index (χ2v) is 3.64. The number of hydrogen-bond acceptors (Lipinski definition) is 3. The van der Waals surface area contributed by atoms with Crippen LogP contribution in [0.5, 0.6) is 0 Å². The molecule has 88 valence electrons. The van der Waals surface area contributed by atoms with Crippen LogP contribution >= 0.6 is 0 Å². The Morgan fingerprint density at radius 3 is 2.81 bits per heavy atom. The van der Waals surface area contributed by atoms with Crippen LogP contribution < -0.4 is 11.1 Å². The number of ether oxygens (including phenoxy) is 1. The van der Waals surface area contributed by atoms with Crippen molar-refractivity contribution in [3.05, 3.63) is 24.0 Å². The van der Waals surface area contributed by atoms with Gasteiger partial charge in [-0.05, 0) is 32.0 Å². The number of carbonyl (C=O) groups is 1. The topological polar surface area (TPSA) is 64.3 Å². The van der Waals surface area contributed by atoms with Gasteiger partial charge in [0.2, 0.25) is 5.91 Å². The fraction of sp³-hybridized carbons (Fsp3) is 0.364. The van der Waals surface area contributed by atoms with Gasteiger partial charge in [0.05, 0.1) is 17.5 Å². The van der Waals surface area contributed by atoms with Gasteiger partial charge in [-0.25, -0.2) is 4.39 Å². The highest BCUT2D eigenvalue weighted by Crippen LogP contribution is 2.18. The summed E-state index contributed by atoms with van der Waals surface area (Å²) in [6.45, 7) is 3.62. The van der Waals surface area contributed by atoms with Crippen LogP contribution in [0, 0.1) is 5.82 Å². The SMILES string of the molecule is CC(C)OCC(=O)Nc1ccc(F)cc1N. The molecule has 0 aromatic heterocycles. The molecule has 0 atom stereocenters. The Hall–Kier alpha value is -1.62. The van der Waals surface area contributed by atoms with E-state index in [1.54, 1.807) is 0 Å². The molecule has 1 aromatic rings. The van der Waals surface area contributed by atoms with Crippen LogP contribution in [0.15, 0.2) is 18.2 Å². The minimum atomic E-state index is -0.436. The van der Waals surface area contributed by atoms with Gasteiger partial charge in [-0.1, -0.05) is 0 Å². The molecule has 0 aliphatic heterocycles. The highest BCUT2D eigenvalue weighted by molar-refractivity contribution is 5.94. The van der Waals surface area contributed by atoms with Crippen molar-refractivity contribution in [2.75, 3.05) is 17.7 Å².